The Morgan fingerprint density at radius 2 is 0.667 bits per heavy atom. The molecule has 0 aromatic heterocycles. The molecule has 24 heavy (non-hydrogen) atoms. The summed E-state index contributed by atoms with van der Waals surface area (Å²) in [5, 5.41) is 0. The predicted octanol–water partition coefficient (Wildman–Crippen LogP) is 4.35. The first-order chi connectivity index (χ1) is 11.2. The van der Waals surface area contributed by atoms with Gasteiger partial charge in [-0.1, -0.05) is 79.1 Å². The average molecular weight is 407 g/mol. The maximum atomic E-state index is 2.36. The summed E-state index contributed by atoms with van der Waals surface area (Å²) in [6, 6.07) is 0. The van der Waals surface area contributed by atoms with Crippen molar-refractivity contribution in [2.24, 2.45) is 0 Å². The van der Waals surface area contributed by atoms with E-state index in [1.807, 2.05) is 0 Å². The van der Waals surface area contributed by atoms with Crippen LogP contribution in [-0.4, -0.2) is 30.7 Å². The van der Waals surface area contributed by atoms with Crippen LogP contribution in [0.4, 0.5) is 0 Å². The molecule has 0 amide bonds. The monoisotopic (exact) mass is 405 g/mol. The Hall–Kier alpha value is 0.440. The van der Waals surface area contributed by atoms with Gasteiger partial charge in [-0.05, 0) is 38.5 Å². The highest BCUT2D eigenvalue weighted by molar-refractivity contribution is 4.52. The molecule has 0 aromatic carbocycles. The van der Waals surface area contributed by atoms with Crippen molar-refractivity contribution >= 4 is 0 Å². The van der Waals surface area contributed by atoms with Crippen molar-refractivity contribution in [1.29, 1.82) is 0 Å². The molecule has 0 aliphatic rings. The number of hydrogen-bond donors (Lipinski definition) is 0. The zero-order valence-corrected chi connectivity index (χ0v) is 19.1. The summed E-state index contributed by atoms with van der Waals surface area (Å²) in [6.45, 7) is 15.2. The van der Waals surface area contributed by atoms with Gasteiger partial charge in [0.05, 0.1) is 26.2 Å². The number of nitrogens with zero attached hydrogens (tertiary/aromatic N) is 1. The zero-order valence-electron chi connectivity index (χ0n) is 17.6. The molecule has 0 aliphatic heterocycles. The molecular formula is C22H48BrN. The largest absolute Gasteiger partial charge is 1.00 e. The van der Waals surface area contributed by atoms with Crippen LogP contribution >= 0.6 is 0 Å². The quantitative estimate of drug-likeness (QED) is 0.235. The van der Waals surface area contributed by atoms with Crippen LogP contribution in [0, 0.1) is 0 Å². The predicted molar refractivity (Wildman–Crippen MR) is 107 cm³/mol. The molecule has 0 aromatic rings. The summed E-state index contributed by atoms with van der Waals surface area (Å²) in [5.74, 6) is 0. The Balaban J connectivity index is 0. The van der Waals surface area contributed by atoms with Gasteiger partial charge in [-0.2, -0.15) is 0 Å². The van der Waals surface area contributed by atoms with Gasteiger partial charge in [0.2, 0.25) is 0 Å². The Morgan fingerprint density at radius 3 is 1.00 bits per heavy atom. The summed E-state index contributed by atoms with van der Waals surface area (Å²) in [5.41, 5.74) is 0. The summed E-state index contributed by atoms with van der Waals surface area (Å²) < 4.78 is 1.44. The zero-order chi connectivity index (χ0) is 17.2. The molecule has 0 atom stereocenters. The SMILES string of the molecule is CCCCCCC[N+](CCCC)(CCCC)CCCCCCC.[Br-]. The highest BCUT2D eigenvalue weighted by Gasteiger charge is 2.25. The normalized spacial score (nSPS) is 11.5. The van der Waals surface area contributed by atoms with Crippen molar-refractivity contribution in [2.75, 3.05) is 26.2 Å². The molecule has 0 fully saturated rings. The standard InChI is InChI=1S/C22H48N.BrH/c1-5-9-13-15-17-21-23(19-11-7-3,20-12-8-4)22-18-16-14-10-6-2;/h5-22H2,1-4H3;1H/q+1;/p-1. The smallest absolute Gasteiger partial charge is 0.0786 e. The van der Waals surface area contributed by atoms with Crippen LogP contribution in [0.1, 0.15) is 118 Å². The molecule has 1 nitrogen and oxygen atoms in total. The van der Waals surface area contributed by atoms with E-state index < -0.39 is 0 Å². The van der Waals surface area contributed by atoms with Crippen molar-refractivity contribution in [2.45, 2.75) is 118 Å². The average Bonchev–Trinajstić information content (AvgIpc) is 2.57. The van der Waals surface area contributed by atoms with Gasteiger partial charge in [0, 0.05) is 0 Å². The third-order valence-electron chi connectivity index (χ3n) is 5.44. The lowest BCUT2D eigenvalue weighted by atomic mass is 10.1. The lowest BCUT2D eigenvalue weighted by Crippen LogP contribution is -3.00. The van der Waals surface area contributed by atoms with Crippen LogP contribution < -0.4 is 17.0 Å². The van der Waals surface area contributed by atoms with Gasteiger partial charge < -0.3 is 21.5 Å². The van der Waals surface area contributed by atoms with Gasteiger partial charge in [0.15, 0.2) is 0 Å². The molecule has 0 rings (SSSR count). The van der Waals surface area contributed by atoms with Crippen molar-refractivity contribution in [1.82, 2.24) is 0 Å². The Labute approximate surface area is 165 Å². The maximum Gasteiger partial charge on any atom is 0.0786 e. The molecule has 0 heterocycles. The second-order valence-electron chi connectivity index (χ2n) is 7.77. The Kier molecular flexibility index (Phi) is 22.0. The molecule has 0 radical (unpaired) electrons. The fourth-order valence-corrected chi connectivity index (χ4v) is 3.76. The van der Waals surface area contributed by atoms with E-state index in [-0.39, 0.29) is 17.0 Å². The fourth-order valence-electron chi connectivity index (χ4n) is 3.76. The lowest BCUT2D eigenvalue weighted by Gasteiger charge is -2.39. The number of halogens is 1. The van der Waals surface area contributed by atoms with Crippen molar-refractivity contribution in [3.63, 3.8) is 0 Å². The van der Waals surface area contributed by atoms with Gasteiger partial charge in [-0.3, -0.25) is 0 Å². The van der Waals surface area contributed by atoms with E-state index >= 15 is 0 Å². The van der Waals surface area contributed by atoms with Crippen molar-refractivity contribution in [3.8, 4) is 0 Å². The number of unbranched alkanes of at least 4 members (excludes halogenated alkanes) is 10. The second kappa shape index (κ2) is 19.8. The van der Waals surface area contributed by atoms with Gasteiger partial charge in [0.25, 0.3) is 0 Å². The lowest BCUT2D eigenvalue weighted by molar-refractivity contribution is -0.929. The summed E-state index contributed by atoms with van der Waals surface area (Å²) in [4.78, 5) is 0. The first-order valence-corrected chi connectivity index (χ1v) is 11.1. The van der Waals surface area contributed by atoms with Gasteiger partial charge in [0.1, 0.15) is 0 Å². The van der Waals surface area contributed by atoms with Crippen LogP contribution in [0.15, 0.2) is 0 Å². The number of hydrogen-bond acceptors (Lipinski definition) is 0. The van der Waals surface area contributed by atoms with E-state index in [0.717, 1.165) is 0 Å². The second-order valence-corrected chi connectivity index (χ2v) is 7.77. The topological polar surface area (TPSA) is 0 Å². The summed E-state index contributed by atoms with van der Waals surface area (Å²) in [7, 11) is 0. The van der Waals surface area contributed by atoms with E-state index in [2.05, 4.69) is 27.7 Å². The molecular weight excluding hydrogens is 358 g/mol. The maximum absolute atomic E-state index is 2.36. The van der Waals surface area contributed by atoms with E-state index in [0.29, 0.717) is 0 Å². The highest BCUT2D eigenvalue weighted by Crippen LogP contribution is 2.18. The summed E-state index contributed by atoms with van der Waals surface area (Å²) in [6.07, 6.45) is 19.9. The Morgan fingerprint density at radius 1 is 0.375 bits per heavy atom. The third kappa shape index (κ3) is 14.8. The van der Waals surface area contributed by atoms with Crippen LogP contribution in [0.25, 0.3) is 0 Å². The van der Waals surface area contributed by atoms with E-state index in [9.17, 15) is 0 Å². The molecule has 0 spiro atoms. The minimum atomic E-state index is 0. The van der Waals surface area contributed by atoms with E-state index in [1.165, 1.54) is 121 Å². The fraction of sp³-hybridized carbons (Fsp3) is 1.00. The van der Waals surface area contributed by atoms with Crippen molar-refractivity contribution < 1.29 is 21.5 Å². The molecule has 0 saturated carbocycles. The van der Waals surface area contributed by atoms with Crippen LogP contribution in [0.2, 0.25) is 0 Å². The van der Waals surface area contributed by atoms with E-state index in [4.69, 9.17) is 0 Å². The highest BCUT2D eigenvalue weighted by atomic mass is 79.9. The molecule has 0 N–H and O–H groups in total. The number of rotatable bonds is 18. The third-order valence-corrected chi connectivity index (χ3v) is 5.44. The van der Waals surface area contributed by atoms with E-state index in [1.54, 1.807) is 0 Å². The molecule has 0 saturated heterocycles. The van der Waals surface area contributed by atoms with Gasteiger partial charge in [-0.15, -0.1) is 0 Å². The first-order valence-electron chi connectivity index (χ1n) is 11.1. The molecule has 0 unspecified atom stereocenters. The van der Waals surface area contributed by atoms with Crippen LogP contribution in [0.3, 0.4) is 0 Å². The van der Waals surface area contributed by atoms with Crippen LogP contribution in [0.5, 0.6) is 0 Å². The molecule has 0 aliphatic carbocycles. The van der Waals surface area contributed by atoms with Gasteiger partial charge in [-0.25, -0.2) is 0 Å². The Bertz CT molecular complexity index is 206. The first kappa shape index (κ1) is 26.7. The minimum absolute atomic E-state index is 0. The number of quaternary nitrogens is 1. The van der Waals surface area contributed by atoms with Crippen molar-refractivity contribution in [3.05, 3.63) is 0 Å². The molecule has 148 valence electrons. The summed E-state index contributed by atoms with van der Waals surface area (Å²) >= 11 is 0. The minimum Gasteiger partial charge on any atom is -1.00 e. The molecule has 2 heteroatoms. The van der Waals surface area contributed by atoms with Gasteiger partial charge >= 0.3 is 0 Å². The van der Waals surface area contributed by atoms with Crippen LogP contribution in [-0.2, 0) is 0 Å². The molecule has 0 bridgehead atoms.